The molecule has 0 saturated carbocycles. The predicted octanol–water partition coefficient (Wildman–Crippen LogP) is 3.95. The second-order valence-corrected chi connectivity index (χ2v) is 7.02. The molecule has 2 aromatic heterocycles. The van der Waals surface area contributed by atoms with Crippen LogP contribution in [0.1, 0.15) is 0 Å². The second-order valence-electron chi connectivity index (χ2n) is 7.02. The molecule has 0 aliphatic heterocycles. The highest BCUT2D eigenvalue weighted by Gasteiger charge is 2.41. The third-order valence-corrected chi connectivity index (χ3v) is 4.43. The molecule has 4 rings (SSSR count). The normalized spacial score (nSPS) is 11.3. The molecular formula is C21H13F5N6O3. The number of fused-ring (bicyclic) bond motifs is 1. The van der Waals surface area contributed by atoms with Gasteiger partial charge in [0.25, 0.3) is 0 Å². The minimum atomic E-state index is -5.30. The van der Waals surface area contributed by atoms with Gasteiger partial charge in [-0.1, -0.05) is 6.07 Å². The Kier molecular flexibility index (Phi) is 6.27. The molecule has 2 N–H and O–H groups in total. The average Bonchev–Trinajstić information content (AvgIpc) is 3.20. The first-order valence-corrected chi connectivity index (χ1v) is 9.66. The van der Waals surface area contributed by atoms with Crippen molar-refractivity contribution in [1.82, 2.24) is 19.7 Å². The molecule has 0 aliphatic carbocycles. The van der Waals surface area contributed by atoms with Gasteiger partial charge in [-0.2, -0.15) is 18.3 Å². The van der Waals surface area contributed by atoms with Crippen LogP contribution >= 0.6 is 0 Å². The number of aromatic nitrogens is 4. The Morgan fingerprint density at radius 2 is 1.86 bits per heavy atom. The van der Waals surface area contributed by atoms with E-state index in [2.05, 4.69) is 30.4 Å². The largest absolute Gasteiger partial charge is 0.491 e. The van der Waals surface area contributed by atoms with Gasteiger partial charge in [0, 0.05) is 23.3 Å². The van der Waals surface area contributed by atoms with Gasteiger partial charge < -0.3 is 15.4 Å². The van der Waals surface area contributed by atoms with Crippen LogP contribution in [0.5, 0.6) is 5.75 Å². The van der Waals surface area contributed by atoms with Crippen LogP contribution in [-0.2, 0) is 16.1 Å². The summed E-state index contributed by atoms with van der Waals surface area (Å²) in [5.74, 6) is -5.66. The SMILES string of the molecule is O=C(Cn1cc(Nc2ncnc3cc(OC(=O)C(F)(F)F)c(F)cc23)cn1)Nc1cccc(F)c1. The van der Waals surface area contributed by atoms with Crippen LogP contribution in [-0.4, -0.2) is 37.8 Å². The molecular weight excluding hydrogens is 479 g/mol. The topological polar surface area (TPSA) is 111 Å². The minimum Gasteiger partial charge on any atom is -0.417 e. The maximum absolute atomic E-state index is 14.3. The van der Waals surface area contributed by atoms with Crippen LogP contribution in [0.3, 0.4) is 0 Å². The van der Waals surface area contributed by atoms with E-state index < -0.39 is 35.4 Å². The summed E-state index contributed by atoms with van der Waals surface area (Å²) in [4.78, 5) is 31.0. The summed E-state index contributed by atoms with van der Waals surface area (Å²) < 4.78 is 70.1. The summed E-state index contributed by atoms with van der Waals surface area (Å²) in [6.45, 7) is -0.203. The number of hydrogen-bond donors (Lipinski definition) is 2. The molecule has 0 unspecified atom stereocenters. The quantitative estimate of drug-likeness (QED) is 0.238. The molecule has 0 fully saturated rings. The fourth-order valence-corrected chi connectivity index (χ4v) is 2.96. The zero-order chi connectivity index (χ0) is 25.2. The van der Waals surface area contributed by atoms with Crippen molar-refractivity contribution in [2.45, 2.75) is 12.7 Å². The first-order chi connectivity index (χ1) is 16.6. The van der Waals surface area contributed by atoms with E-state index in [0.29, 0.717) is 5.69 Å². The monoisotopic (exact) mass is 492 g/mol. The molecule has 1 amide bonds. The Balaban J connectivity index is 1.48. The fraction of sp³-hybridized carbons (Fsp3) is 0.0952. The van der Waals surface area contributed by atoms with Crippen molar-refractivity contribution in [3.8, 4) is 5.75 Å². The highest BCUT2D eigenvalue weighted by molar-refractivity contribution is 5.92. The molecule has 4 aromatic rings. The molecule has 180 valence electrons. The van der Waals surface area contributed by atoms with Crippen molar-refractivity contribution in [3.63, 3.8) is 0 Å². The van der Waals surface area contributed by atoms with Crippen LogP contribution in [0.4, 0.5) is 39.1 Å². The van der Waals surface area contributed by atoms with Crippen LogP contribution in [0, 0.1) is 11.6 Å². The lowest BCUT2D eigenvalue weighted by Gasteiger charge is -2.10. The molecule has 35 heavy (non-hydrogen) atoms. The number of carbonyl (C=O) groups excluding carboxylic acids is 2. The van der Waals surface area contributed by atoms with E-state index in [1.54, 1.807) is 0 Å². The second kappa shape index (κ2) is 9.32. The number of ether oxygens (including phenoxy) is 1. The Morgan fingerprint density at radius 1 is 1.06 bits per heavy atom. The number of nitrogens with one attached hydrogen (secondary N) is 2. The summed E-state index contributed by atoms with van der Waals surface area (Å²) in [5, 5.41) is 9.45. The first-order valence-electron chi connectivity index (χ1n) is 9.66. The maximum atomic E-state index is 14.3. The molecule has 0 radical (unpaired) electrons. The smallest absolute Gasteiger partial charge is 0.417 e. The number of nitrogens with zero attached hydrogens (tertiary/aromatic N) is 4. The number of hydrogen-bond acceptors (Lipinski definition) is 7. The van der Waals surface area contributed by atoms with Crippen molar-refractivity contribution >= 4 is 40.0 Å². The van der Waals surface area contributed by atoms with Gasteiger partial charge in [-0.15, -0.1) is 0 Å². The van der Waals surface area contributed by atoms with Crippen molar-refractivity contribution < 1.29 is 36.3 Å². The Bertz CT molecular complexity index is 1420. The Morgan fingerprint density at radius 3 is 2.60 bits per heavy atom. The Hall–Kier alpha value is -4.62. The standard InChI is InChI=1S/C21H13F5N6O3/c22-11-2-1-3-12(4-11)30-18(33)9-32-8-13(7-29-32)31-19-14-5-15(23)17(6-16(14)27-10-28-19)35-20(34)21(24,25)26/h1-8,10H,9H2,(H,30,33)(H,27,28,31). The lowest BCUT2D eigenvalue weighted by Crippen LogP contribution is -2.28. The fourth-order valence-electron chi connectivity index (χ4n) is 2.96. The number of halogens is 5. The van der Waals surface area contributed by atoms with E-state index in [4.69, 9.17) is 0 Å². The van der Waals surface area contributed by atoms with E-state index in [1.165, 1.54) is 35.3 Å². The van der Waals surface area contributed by atoms with Gasteiger partial charge in [-0.25, -0.2) is 23.5 Å². The molecule has 0 saturated heterocycles. The van der Waals surface area contributed by atoms with Crippen LogP contribution in [0.15, 0.2) is 55.1 Å². The number of esters is 1. The number of alkyl halides is 3. The lowest BCUT2D eigenvalue weighted by atomic mass is 10.2. The zero-order valence-electron chi connectivity index (χ0n) is 17.3. The molecule has 0 spiro atoms. The summed E-state index contributed by atoms with van der Waals surface area (Å²) in [5.41, 5.74) is 0.613. The van der Waals surface area contributed by atoms with Crippen LogP contribution in [0.2, 0.25) is 0 Å². The van der Waals surface area contributed by atoms with Gasteiger partial charge in [0.2, 0.25) is 5.91 Å². The maximum Gasteiger partial charge on any atom is 0.491 e. The van der Waals surface area contributed by atoms with Crippen molar-refractivity contribution in [2.75, 3.05) is 10.6 Å². The molecule has 2 heterocycles. The summed E-state index contributed by atoms with van der Waals surface area (Å²) in [7, 11) is 0. The summed E-state index contributed by atoms with van der Waals surface area (Å²) in [6, 6.07) is 7.00. The summed E-state index contributed by atoms with van der Waals surface area (Å²) >= 11 is 0. The van der Waals surface area contributed by atoms with Gasteiger partial charge in [-0.3, -0.25) is 9.48 Å². The van der Waals surface area contributed by atoms with Crippen LogP contribution < -0.4 is 15.4 Å². The number of benzene rings is 2. The van der Waals surface area contributed by atoms with E-state index in [-0.39, 0.29) is 29.0 Å². The number of rotatable bonds is 6. The zero-order valence-corrected chi connectivity index (χ0v) is 17.3. The number of amides is 1. The van der Waals surface area contributed by atoms with Crippen molar-refractivity contribution in [1.29, 1.82) is 0 Å². The predicted molar refractivity (Wildman–Crippen MR) is 112 cm³/mol. The highest BCUT2D eigenvalue weighted by atomic mass is 19.4. The average molecular weight is 492 g/mol. The third kappa shape index (κ3) is 5.66. The van der Waals surface area contributed by atoms with E-state index in [1.807, 2.05) is 0 Å². The Labute approximate surface area is 192 Å². The van der Waals surface area contributed by atoms with Crippen LogP contribution in [0.25, 0.3) is 10.9 Å². The van der Waals surface area contributed by atoms with E-state index in [0.717, 1.165) is 24.5 Å². The molecule has 2 aromatic carbocycles. The molecule has 14 heteroatoms. The number of carbonyl (C=O) groups is 2. The van der Waals surface area contributed by atoms with Crippen molar-refractivity contribution in [3.05, 3.63) is 66.8 Å². The van der Waals surface area contributed by atoms with E-state index in [9.17, 15) is 31.5 Å². The van der Waals surface area contributed by atoms with Gasteiger partial charge in [0.1, 0.15) is 24.5 Å². The minimum absolute atomic E-state index is 0.00395. The first kappa shape index (κ1) is 23.5. The number of anilines is 3. The highest BCUT2D eigenvalue weighted by Crippen LogP contribution is 2.30. The van der Waals surface area contributed by atoms with Gasteiger partial charge in [-0.05, 0) is 24.3 Å². The lowest BCUT2D eigenvalue weighted by molar-refractivity contribution is -0.189. The summed E-state index contributed by atoms with van der Waals surface area (Å²) in [6.07, 6.45) is -1.45. The van der Waals surface area contributed by atoms with Gasteiger partial charge in [0.05, 0.1) is 17.4 Å². The molecule has 0 bridgehead atoms. The molecule has 0 atom stereocenters. The van der Waals surface area contributed by atoms with Gasteiger partial charge in [0.15, 0.2) is 11.6 Å². The van der Waals surface area contributed by atoms with E-state index >= 15 is 0 Å². The third-order valence-electron chi connectivity index (χ3n) is 4.43. The molecule has 9 nitrogen and oxygen atoms in total. The van der Waals surface area contributed by atoms with Crippen molar-refractivity contribution in [2.24, 2.45) is 0 Å². The molecule has 0 aliphatic rings. The van der Waals surface area contributed by atoms with Gasteiger partial charge >= 0.3 is 12.1 Å².